The van der Waals surface area contributed by atoms with Crippen LogP contribution in [0, 0.1) is 0 Å². The summed E-state index contributed by atoms with van der Waals surface area (Å²) in [4.78, 5) is 24.6. The predicted molar refractivity (Wildman–Crippen MR) is 91.4 cm³/mol. The van der Waals surface area contributed by atoms with Crippen molar-refractivity contribution in [2.75, 3.05) is 7.11 Å². The van der Waals surface area contributed by atoms with Gasteiger partial charge in [-0.3, -0.25) is 4.79 Å². The van der Waals surface area contributed by atoms with E-state index in [-0.39, 0.29) is 17.1 Å². The summed E-state index contributed by atoms with van der Waals surface area (Å²) in [5, 5.41) is 2.73. The Morgan fingerprint density at radius 3 is 2.35 bits per heavy atom. The maximum absolute atomic E-state index is 12.1. The van der Waals surface area contributed by atoms with E-state index >= 15 is 0 Å². The van der Waals surface area contributed by atoms with E-state index in [2.05, 4.69) is 10.1 Å². The van der Waals surface area contributed by atoms with Gasteiger partial charge in [-0.05, 0) is 36.8 Å². The maximum Gasteiger partial charge on any atom is 0.337 e. The molecule has 0 aliphatic carbocycles. The lowest BCUT2D eigenvalue weighted by molar-refractivity contribution is -0.120. The standard InChI is InChI=1S/C18H19NO3S/c1-13(23-16-6-4-3-5-7-16)17(20)19-12-14-8-10-15(11-9-14)18(21)22-2/h3-11,13H,12H2,1-2H3,(H,19,20). The molecular formula is C18H19NO3S. The third kappa shape index (κ3) is 5.14. The molecule has 120 valence electrons. The van der Waals surface area contributed by atoms with Crippen molar-refractivity contribution in [2.24, 2.45) is 0 Å². The largest absolute Gasteiger partial charge is 0.465 e. The molecule has 2 aromatic carbocycles. The number of amides is 1. The van der Waals surface area contributed by atoms with Crippen molar-refractivity contribution < 1.29 is 14.3 Å². The molecule has 2 aromatic rings. The molecule has 23 heavy (non-hydrogen) atoms. The summed E-state index contributed by atoms with van der Waals surface area (Å²) < 4.78 is 4.65. The van der Waals surface area contributed by atoms with E-state index < -0.39 is 0 Å². The Labute approximate surface area is 140 Å². The van der Waals surface area contributed by atoms with E-state index in [1.165, 1.54) is 18.9 Å². The zero-order chi connectivity index (χ0) is 16.7. The Hall–Kier alpha value is -2.27. The van der Waals surface area contributed by atoms with E-state index in [1.54, 1.807) is 12.1 Å². The molecule has 0 fully saturated rings. The summed E-state index contributed by atoms with van der Waals surface area (Å²) in [6, 6.07) is 16.8. The number of nitrogens with one attached hydrogen (secondary N) is 1. The van der Waals surface area contributed by atoms with Gasteiger partial charge in [0.15, 0.2) is 0 Å². The van der Waals surface area contributed by atoms with Crippen molar-refractivity contribution in [3.05, 3.63) is 65.7 Å². The SMILES string of the molecule is COC(=O)c1ccc(CNC(=O)C(C)Sc2ccccc2)cc1. The van der Waals surface area contributed by atoms with Crippen LogP contribution in [0.1, 0.15) is 22.8 Å². The topological polar surface area (TPSA) is 55.4 Å². The monoisotopic (exact) mass is 329 g/mol. The summed E-state index contributed by atoms with van der Waals surface area (Å²) in [5.74, 6) is -0.385. The highest BCUT2D eigenvalue weighted by Crippen LogP contribution is 2.22. The van der Waals surface area contributed by atoms with E-state index in [0.717, 1.165) is 10.5 Å². The molecule has 2 rings (SSSR count). The number of thioether (sulfide) groups is 1. The number of hydrogen-bond acceptors (Lipinski definition) is 4. The van der Waals surface area contributed by atoms with E-state index in [9.17, 15) is 9.59 Å². The fraction of sp³-hybridized carbons (Fsp3) is 0.222. The van der Waals surface area contributed by atoms with Crippen LogP contribution >= 0.6 is 11.8 Å². The second-order valence-electron chi connectivity index (χ2n) is 4.98. The predicted octanol–water partition coefficient (Wildman–Crippen LogP) is 3.27. The highest BCUT2D eigenvalue weighted by atomic mass is 32.2. The molecule has 0 aromatic heterocycles. The van der Waals surface area contributed by atoms with Crippen molar-refractivity contribution in [1.29, 1.82) is 0 Å². The third-order valence-corrected chi connectivity index (χ3v) is 4.38. The zero-order valence-electron chi connectivity index (χ0n) is 13.1. The molecule has 0 aliphatic heterocycles. The summed E-state index contributed by atoms with van der Waals surface area (Å²) in [7, 11) is 1.35. The van der Waals surface area contributed by atoms with Gasteiger partial charge in [0, 0.05) is 11.4 Å². The van der Waals surface area contributed by atoms with Crippen LogP contribution in [0.4, 0.5) is 0 Å². The van der Waals surface area contributed by atoms with Crippen LogP contribution in [0.15, 0.2) is 59.5 Å². The van der Waals surface area contributed by atoms with Crippen LogP contribution in [-0.4, -0.2) is 24.2 Å². The van der Waals surface area contributed by atoms with Gasteiger partial charge in [0.1, 0.15) is 0 Å². The highest BCUT2D eigenvalue weighted by Gasteiger charge is 2.14. The van der Waals surface area contributed by atoms with Crippen molar-refractivity contribution in [2.45, 2.75) is 23.6 Å². The van der Waals surface area contributed by atoms with E-state index in [4.69, 9.17) is 0 Å². The van der Waals surface area contributed by atoms with Gasteiger partial charge < -0.3 is 10.1 Å². The Morgan fingerprint density at radius 1 is 1.09 bits per heavy atom. The first kappa shape index (κ1) is 17.1. The Kier molecular flexibility index (Phi) is 6.23. The van der Waals surface area contributed by atoms with Crippen molar-refractivity contribution in [3.8, 4) is 0 Å². The fourth-order valence-corrected chi connectivity index (χ4v) is 2.88. The van der Waals surface area contributed by atoms with Crippen molar-refractivity contribution >= 4 is 23.6 Å². The summed E-state index contributed by atoms with van der Waals surface area (Å²) >= 11 is 1.52. The van der Waals surface area contributed by atoms with Gasteiger partial charge in [-0.15, -0.1) is 11.8 Å². The second kappa shape index (κ2) is 8.39. The molecule has 0 aliphatic rings. The van der Waals surface area contributed by atoms with Gasteiger partial charge in [-0.2, -0.15) is 0 Å². The van der Waals surface area contributed by atoms with Crippen molar-refractivity contribution in [1.82, 2.24) is 5.32 Å². The van der Waals surface area contributed by atoms with Crippen LogP contribution in [0.3, 0.4) is 0 Å². The van der Waals surface area contributed by atoms with Crippen molar-refractivity contribution in [3.63, 3.8) is 0 Å². The molecule has 0 saturated heterocycles. The normalized spacial score (nSPS) is 11.6. The lowest BCUT2D eigenvalue weighted by Crippen LogP contribution is -2.30. The average Bonchev–Trinajstić information content (AvgIpc) is 2.60. The van der Waals surface area contributed by atoms with Gasteiger partial charge in [0.05, 0.1) is 17.9 Å². The fourth-order valence-electron chi connectivity index (χ4n) is 1.97. The summed E-state index contributed by atoms with van der Waals surface area (Å²) in [5.41, 5.74) is 1.43. The number of rotatable bonds is 6. The molecule has 5 heteroatoms. The van der Waals surface area contributed by atoms with Crippen LogP contribution in [0.5, 0.6) is 0 Å². The molecule has 0 radical (unpaired) electrons. The molecule has 0 heterocycles. The first-order chi connectivity index (χ1) is 11.1. The minimum atomic E-state index is -0.367. The number of carbonyl (C=O) groups is 2. The molecule has 0 saturated carbocycles. The van der Waals surface area contributed by atoms with Gasteiger partial charge in [-0.25, -0.2) is 4.79 Å². The molecule has 1 N–H and O–H groups in total. The smallest absolute Gasteiger partial charge is 0.337 e. The first-order valence-corrected chi connectivity index (χ1v) is 8.15. The van der Waals surface area contributed by atoms with E-state index in [0.29, 0.717) is 12.1 Å². The minimum Gasteiger partial charge on any atom is -0.465 e. The molecule has 0 spiro atoms. The van der Waals surface area contributed by atoms with Gasteiger partial charge in [-0.1, -0.05) is 30.3 Å². The van der Waals surface area contributed by atoms with Gasteiger partial charge in [0.2, 0.25) is 5.91 Å². The maximum atomic E-state index is 12.1. The molecule has 1 atom stereocenters. The molecule has 1 amide bonds. The molecule has 0 bridgehead atoms. The van der Waals surface area contributed by atoms with E-state index in [1.807, 2.05) is 49.4 Å². The second-order valence-corrected chi connectivity index (χ2v) is 6.39. The lowest BCUT2D eigenvalue weighted by Gasteiger charge is -2.12. The first-order valence-electron chi connectivity index (χ1n) is 7.27. The number of ether oxygens (including phenoxy) is 1. The van der Waals surface area contributed by atoms with Crippen LogP contribution in [-0.2, 0) is 16.1 Å². The number of hydrogen-bond donors (Lipinski definition) is 1. The number of benzene rings is 2. The average molecular weight is 329 g/mol. The number of carbonyl (C=O) groups excluding carboxylic acids is 2. The zero-order valence-corrected chi connectivity index (χ0v) is 13.9. The molecule has 1 unspecified atom stereocenters. The Bertz CT molecular complexity index is 656. The number of methoxy groups -OCH3 is 1. The Morgan fingerprint density at radius 2 is 1.74 bits per heavy atom. The summed E-state index contributed by atoms with van der Waals surface area (Å²) in [6.45, 7) is 2.31. The quantitative estimate of drug-likeness (QED) is 0.653. The van der Waals surface area contributed by atoms with Gasteiger partial charge >= 0.3 is 5.97 Å². The van der Waals surface area contributed by atoms with Crippen LogP contribution in [0.25, 0.3) is 0 Å². The lowest BCUT2D eigenvalue weighted by atomic mass is 10.1. The Balaban J connectivity index is 1.85. The van der Waals surface area contributed by atoms with Crippen LogP contribution in [0.2, 0.25) is 0 Å². The van der Waals surface area contributed by atoms with Gasteiger partial charge in [0.25, 0.3) is 0 Å². The summed E-state index contributed by atoms with van der Waals surface area (Å²) in [6.07, 6.45) is 0. The third-order valence-electron chi connectivity index (χ3n) is 3.27. The molecule has 4 nitrogen and oxygen atoms in total. The molecular weight excluding hydrogens is 310 g/mol. The number of esters is 1. The highest BCUT2D eigenvalue weighted by molar-refractivity contribution is 8.00. The van der Waals surface area contributed by atoms with Crippen LogP contribution < -0.4 is 5.32 Å². The minimum absolute atomic E-state index is 0.0177.